The third kappa shape index (κ3) is 2.91. The SMILES string of the molecule is CNc1cc(Nc2ccc(Br)cc2F)ncn1. The van der Waals surface area contributed by atoms with E-state index >= 15 is 0 Å². The molecule has 0 amide bonds. The van der Waals surface area contributed by atoms with Gasteiger partial charge in [0.2, 0.25) is 0 Å². The first-order valence-electron chi connectivity index (χ1n) is 4.91. The lowest BCUT2D eigenvalue weighted by Crippen LogP contribution is -1.99. The summed E-state index contributed by atoms with van der Waals surface area (Å²) in [5.74, 6) is 0.856. The molecule has 0 aliphatic rings. The maximum atomic E-state index is 13.6. The molecule has 0 radical (unpaired) electrons. The average molecular weight is 297 g/mol. The summed E-state index contributed by atoms with van der Waals surface area (Å²) < 4.78 is 14.3. The second-order valence-electron chi connectivity index (χ2n) is 3.29. The molecule has 2 aromatic rings. The van der Waals surface area contributed by atoms with Gasteiger partial charge in [0.05, 0.1) is 5.69 Å². The molecule has 2 N–H and O–H groups in total. The Kier molecular flexibility index (Phi) is 3.53. The molecule has 0 spiro atoms. The van der Waals surface area contributed by atoms with Crippen LogP contribution >= 0.6 is 15.9 Å². The van der Waals surface area contributed by atoms with Crippen LogP contribution < -0.4 is 10.6 Å². The highest BCUT2D eigenvalue weighted by Gasteiger charge is 2.04. The van der Waals surface area contributed by atoms with Crippen molar-refractivity contribution in [2.24, 2.45) is 0 Å². The van der Waals surface area contributed by atoms with E-state index in [2.05, 4.69) is 36.5 Å². The van der Waals surface area contributed by atoms with Crippen molar-refractivity contribution in [2.45, 2.75) is 0 Å². The predicted molar refractivity (Wildman–Crippen MR) is 69.0 cm³/mol. The van der Waals surface area contributed by atoms with Crippen LogP contribution in [0.15, 0.2) is 35.1 Å². The second-order valence-corrected chi connectivity index (χ2v) is 4.20. The molecule has 1 heterocycles. The molecule has 0 bridgehead atoms. The van der Waals surface area contributed by atoms with Crippen molar-refractivity contribution >= 4 is 33.3 Å². The van der Waals surface area contributed by atoms with E-state index in [1.54, 1.807) is 25.2 Å². The van der Waals surface area contributed by atoms with Crippen LogP contribution in [-0.2, 0) is 0 Å². The van der Waals surface area contributed by atoms with Gasteiger partial charge >= 0.3 is 0 Å². The first-order chi connectivity index (χ1) is 8.19. The van der Waals surface area contributed by atoms with E-state index in [-0.39, 0.29) is 5.82 Å². The number of rotatable bonds is 3. The largest absolute Gasteiger partial charge is 0.373 e. The van der Waals surface area contributed by atoms with E-state index < -0.39 is 0 Å². The topological polar surface area (TPSA) is 49.8 Å². The highest BCUT2D eigenvalue weighted by molar-refractivity contribution is 9.10. The third-order valence-electron chi connectivity index (χ3n) is 2.12. The van der Waals surface area contributed by atoms with Crippen molar-refractivity contribution in [3.05, 3.63) is 40.9 Å². The van der Waals surface area contributed by atoms with E-state index in [1.807, 2.05) is 0 Å². The minimum atomic E-state index is -0.344. The van der Waals surface area contributed by atoms with Crippen LogP contribution in [0.2, 0.25) is 0 Å². The van der Waals surface area contributed by atoms with Crippen LogP contribution in [0.4, 0.5) is 21.7 Å². The van der Waals surface area contributed by atoms with E-state index in [9.17, 15) is 4.39 Å². The van der Waals surface area contributed by atoms with Gasteiger partial charge in [0.15, 0.2) is 0 Å². The quantitative estimate of drug-likeness (QED) is 0.913. The standard InChI is InChI=1S/C11H10BrFN4/c1-14-10-5-11(16-6-15-10)17-9-3-2-7(12)4-8(9)13/h2-6H,1H3,(H2,14,15,16,17). The molecule has 0 aliphatic heterocycles. The molecule has 2 rings (SSSR count). The van der Waals surface area contributed by atoms with Gasteiger partial charge in [0.25, 0.3) is 0 Å². The zero-order valence-electron chi connectivity index (χ0n) is 9.04. The monoisotopic (exact) mass is 296 g/mol. The Morgan fingerprint density at radius 2 is 1.94 bits per heavy atom. The predicted octanol–water partition coefficient (Wildman–Crippen LogP) is 3.16. The summed E-state index contributed by atoms with van der Waals surface area (Å²) >= 11 is 3.20. The molecule has 4 nitrogen and oxygen atoms in total. The normalized spacial score (nSPS) is 10.1. The number of halogens is 2. The van der Waals surface area contributed by atoms with Crippen LogP contribution in [0.3, 0.4) is 0 Å². The van der Waals surface area contributed by atoms with Gasteiger partial charge in [-0.3, -0.25) is 0 Å². The number of nitrogens with one attached hydrogen (secondary N) is 2. The van der Waals surface area contributed by atoms with Crippen LogP contribution in [0, 0.1) is 5.82 Å². The van der Waals surface area contributed by atoms with Gasteiger partial charge in [-0.1, -0.05) is 15.9 Å². The molecule has 6 heteroatoms. The smallest absolute Gasteiger partial charge is 0.147 e. The lowest BCUT2D eigenvalue weighted by atomic mass is 10.3. The molecular weight excluding hydrogens is 287 g/mol. The van der Waals surface area contributed by atoms with E-state index in [0.717, 1.165) is 0 Å². The van der Waals surface area contributed by atoms with Crippen LogP contribution in [0.5, 0.6) is 0 Å². The number of aromatic nitrogens is 2. The first kappa shape index (κ1) is 11.8. The number of anilines is 3. The Labute approximate surface area is 106 Å². The number of hydrogen-bond acceptors (Lipinski definition) is 4. The molecular formula is C11H10BrFN4. The van der Waals surface area contributed by atoms with Crippen LogP contribution in [-0.4, -0.2) is 17.0 Å². The van der Waals surface area contributed by atoms with Crippen molar-refractivity contribution in [3.8, 4) is 0 Å². The molecule has 0 fully saturated rings. The fraction of sp³-hybridized carbons (Fsp3) is 0.0909. The van der Waals surface area contributed by atoms with E-state index in [1.165, 1.54) is 12.4 Å². The number of benzene rings is 1. The minimum Gasteiger partial charge on any atom is -0.373 e. The number of nitrogens with zero attached hydrogens (tertiary/aromatic N) is 2. The van der Waals surface area contributed by atoms with Crippen molar-refractivity contribution in [2.75, 3.05) is 17.7 Å². The van der Waals surface area contributed by atoms with Crippen molar-refractivity contribution in [1.29, 1.82) is 0 Å². The van der Waals surface area contributed by atoms with E-state index in [4.69, 9.17) is 0 Å². The molecule has 0 saturated heterocycles. The van der Waals surface area contributed by atoms with Gasteiger partial charge in [-0.25, -0.2) is 14.4 Å². The Morgan fingerprint density at radius 1 is 1.18 bits per heavy atom. The fourth-order valence-corrected chi connectivity index (χ4v) is 1.62. The maximum absolute atomic E-state index is 13.6. The molecule has 0 saturated carbocycles. The van der Waals surface area contributed by atoms with Crippen molar-refractivity contribution < 1.29 is 4.39 Å². The lowest BCUT2D eigenvalue weighted by molar-refractivity contribution is 0.631. The molecule has 0 aliphatic carbocycles. The van der Waals surface area contributed by atoms with E-state index in [0.29, 0.717) is 21.8 Å². The molecule has 1 aromatic heterocycles. The van der Waals surface area contributed by atoms with Gasteiger partial charge in [-0.05, 0) is 18.2 Å². The van der Waals surface area contributed by atoms with Gasteiger partial charge < -0.3 is 10.6 Å². The Balaban J connectivity index is 2.25. The average Bonchev–Trinajstić information content (AvgIpc) is 2.33. The zero-order chi connectivity index (χ0) is 12.3. The highest BCUT2D eigenvalue weighted by atomic mass is 79.9. The second kappa shape index (κ2) is 5.09. The molecule has 0 unspecified atom stereocenters. The first-order valence-corrected chi connectivity index (χ1v) is 5.70. The highest BCUT2D eigenvalue weighted by Crippen LogP contribution is 2.22. The summed E-state index contributed by atoms with van der Waals surface area (Å²) in [6, 6.07) is 6.48. The minimum absolute atomic E-state index is 0.344. The Morgan fingerprint density at radius 3 is 2.65 bits per heavy atom. The Bertz CT molecular complexity index is 533. The molecule has 88 valence electrons. The molecule has 1 aromatic carbocycles. The van der Waals surface area contributed by atoms with Gasteiger partial charge in [0.1, 0.15) is 23.8 Å². The van der Waals surface area contributed by atoms with Gasteiger partial charge in [-0.15, -0.1) is 0 Å². The molecule has 0 atom stereocenters. The fourth-order valence-electron chi connectivity index (χ4n) is 1.29. The van der Waals surface area contributed by atoms with Crippen molar-refractivity contribution in [3.63, 3.8) is 0 Å². The summed E-state index contributed by atoms with van der Waals surface area (Å²) in [6.07, 6.45) is 1.41. The molecule has 17 heavy (non-hydrogen) atoms. The Hall–Kier alpha value is -1.69. The summed E-state index contributed by atoms with van der Waals surface area (Å²) in [7, 11) is 1.76. The maximum Gasteiger partial charge on any atom is 0.147 e. The number of hydrogen-bond donors (Lipinski definition) is 2. The summed E-state index contributed by atoms with van der Waals surface area (Å²) in [6.45, 7) is 0. The van der Waals surface area contributed by atoms with Gasteiger partial charge in [-0.2, -0.15) is 0 Å². The third-order valence-corrected chi connectivity index (χ3v) is 2.61. The van der Waals surface area contributed by atoms with Crippen LogP contribution in [0.25, 0.3) is 0 Å². The van der Waals surface area contributed by atoms with Gasteiger partial charge in [0, 0.05) is 17.6 Å². The summed E-state index contributed by atoms with van der Waals surface area (Å²) in [4.78, 5) is 7.98. The van der Waals surface area contributed by atoms with Crippen LogP contribution in [0.1, 0.15) is 0 Å². The summed E-state index contributed by atoms with van der Waals surface area (Å²) in [5.41, 5.74) is 0.369. The van der Waals surface area contributed by atoms with Crippen molar-refractivity contribution in [1.82, 2.24) is 9.97 Å². The summed E-state index contributed by atoms with van der Waals surface area (Å²) in [5, 5.41) is 5.77. The lowest BCUT2D eigenvalue weighted by Gasteiger charge is -2.07. The zero-order valence-corrected chi connectivity index (χ0v) is 10.6.